The van der Waals surface area contributed by atoms with E-state index in [1.165, 1.54) is 5.56 Å². The maximum absolute atomic E-state index is 6.06. The summed E-state index contributed by atoms with van der Waals surface area (Å²) in [6.07, 6.45) is 8.66. The van der Waals surface area contributed by atoms with Gasteiger partial charge in [0, 0.05) is 56.4 Å². The largest absolute Gasteiger partial charge is 0.356 e. The molecule has 0 bridgehead atoms. The van der Waals surface area contributed by atoms with Crippen LogP contribution in [0.3, 0.4) is 0 Å². The van der Waals surface area contributed by atoms with E-state index in [2.05, 4.69) is 44.3 Å². The monoisotopic (exact) mass is 563 g/mol. The number of nitrogens with zero attached hydrogens (tertiary/aromatic N) is 5. The molecule has 3 heterocycles. The van der Waals surface area contributed by atoms with Crippen LogP contribution in [0.4, 0.5) is 0 Å². The van der Waals surface area contributed by atoms with Gasteiger partial charge >= 0.3 is 0 Å². The minimum atomic E-state index is 0. The Morgan fingerprint density at radius 3 is 2.62 bits per heavy atom. The number of pyridine rings is 1. The number of fused-ring (bicyclic) bond motifs is 1. The van der Waals surface area contributed by atoms with Gasteiger partial charge < -0.3 is 15.0 Å². The number of hydrogen-bond acceptors (Lipinski definition) is 3. The van der Waals surface area contributed by atoms with Crippen LogP contribution in [0.1, 0.15) is 22.9 Å². The zero-order valence-electron chi connectivity index (χ0n) is 18.1. The Kier molecular flexibility index (Phi) is 8.52. The molecule has 1 atom stereocenters. The van der Waals surface area contributed by atoms with Crippen molar-refractivity contribution in [2.24, 2.45) is 4.99 Å². The Balaban J connectivity index is 0.00000289. The molecular formula is C23H27ClIN7. The molecule has 3 aromatic heterocycles. The van der Waals surface area contributed by atoms with E-state index in [-0.39, 0.29) is 30.0 Å². The lowest BCUT2D eigenvalue weighted by molar-refractivity contribution is 0.511. The minimum Gasteiger partial charge on any atom is -0.356 e. The summed E-state index contributed by atoms with van der Waals surface area (Å²) in [5, 5.41) is 11.9. The second-order valence-electron chi connectivity index (χ2n) is 7.34. The molecule has 168 valence electrons. The van der Waals surface area contributed by atoms with E-state index in [1.54, 1.807) is 13.2 Å². The van der Waals surface area contributed by atoms with Crippen molar-refractivity contribution >= 4 is 47.2 Å². The van der Waals surface area contributed by atoms with Gasteiger partial charge in [0.15, 0.2) is 5.96 Å². The van der Waals surface area contributed by atoms with Crippen LogP contribution in [0.2, 0.25) is 5.02 Å². The zero-order valence-corrected chi connectivity index (χ0v) is 21.2. The van der Waals surface area contributed by atoms with Crippen LogP contribution in [-0.2, 0) is 6.42 Å². The van der Waals surface area contributed by atoms with E-state index in [4.69, 9.17) is 16.6 Å². The van der Waals surface area contributed by atoms with Crippen molar-refractivity contribution in [2.45, 2.75) is 19.4 Å². The summed E-state index contributed by atoms with van der Waals surface area (Å²) >= 11 is 6.06. The molecule has 4 aromatic rings. The number of benzene rings is 1. The highest BCUT2D eigenvalue weighted by atomic mass is 127. The summed E-state index contributed by atoms with van der Waals surface area (Å²) in [7, 11) is 1.77. The van der Waals surface area contributed by atoms with E-state index in [0.717, 1.165) is 40.9 Å². The summed E-state index contributed by atoms with van der Waals surface area (Å²) in [6.45, 7) is 3.44. The molecule has 1 aromatic carbocycles. The van der Waals surface area contributed by atoms with Crippen molar-refractivity contribution in [3.8, 4) is 0 Å². The number of aliphatic imine (C=N–C) groups is 1. The number of aromatic nitrogens is 4. The van der Waals surface area contributed by atoms with Crippen molar-refractivity contribution in [1.29, 1.82) is 0 Å². The zero-order chi connectivity index (χ0) is 21.6. The number of hydrogen-bond donors (Lipinski definition) is 2. The minimum absolute atomic E-state index is 0. The molecule has 0 spiro atoms. The molecule has 0 aliphatic rings. The molecule has 0 radical (unpaired) electrons. The van der Waals surface area contributed by atoms with E-state index < -0.39 is 0 Å². The predicted molar refractivity (Wildman–Crippen MR) is 140 cm³/mol. The number of rotatable bonds is 7. The SMILES string of the molecule is CN=C(NCCc1cn2cccc(C)c2n1)NCC(c1ccc(Cl)cc1)n1cccn1.I. The van der Waals surface area contributed by atoms with Gasteiger partial charge in [0.2, 0.25) is 0 Å². The summed E-state index contributed by atoms with van der Waals surface area (Å²) < 4.78 is 4.00. The van der Waals surface area contributed by atoms with Gasteiger partial charge in [-0.2, -0.15) is 5.10 Å². The number of guanidine groups is 1. The molecular weight excluding hydrogens is 537 g/mol. The Labute approximate surface area is 209 Å². The average molecular weight is 564 g/mol. The van der Waals surface area contributed by atoms with Crippen molar-refractivity contribution in [3.05, 3.63) is 89.1 Å². The third kappa shape index (κ3) is 5.80. The Hall–Kier alpha value is -2.59. The van der Waals surface area contributed by atoms with Gasteiger partial charge in [-0.15, -0.1) is 24.0 Å². The van der Waals surface area contributed by atoms with Gasteiger partial charge in [0.05, 0.1) is 11.7 Å². The van der Waals surface area contributed by atoms with E-state index in [1.807, 2.05) is 53.5 Å². The second kappa shape index (κ2) is 11.3. The standard InChI is InChI=1S/C23H26ClN7.HI/c1-17-5-3-13-30-16-20(29-22(17)30)10-12-26-23(25-2)27-15-21(31-14-4-11-28-31)18-6-8-19(24)9-7-18;/h3-9,11,13-14,16,21H,10,12,15H2,1-2H3,(H2,25,26,27);1H. The molecule has 0 saturated carbocycles. The lowest BCUT2D eigenvalue weighted by atomic mass is 10.1. The maximum Gasteiger partial charge on any atom is 0.191 e. The molecule has 2 N–H and O–H groups in total. The fourth-order valence-electron chi connectivity index (χ4n) is 3.56. The average Bonchev–Trinajstić information content (AvgIpc) is 3.44. The Bertz CT molecular complexity index is 1150. The molecule has 9 heteroatoms. The fourth-order valence-corrected chi connectivity index (χ4v) is 3.69. The smallest absolute Gasteiger partial charge is 0.191 e. The van der Waals surface area contributed by atoms with Crippen LogP contribution in [-0.4, -0.2) is 45.3 Å². The van der Waals surface area contributed by atoms with E-state index in [9.17, 15) is 0 Å². The van der Waals surface area contributed by atoms with Gasteiger partial charge in [0.1, 0.15) is 5.65 Å². The van der Waals surface area contributed by atoms with Crippen LogP contribution in [0, 0.1) is 6.92 Å². The highest BCUT2D eigenvalue weighted by Crippen LogP contribution is 2.19. The predicted octanol–water partition coefficient (Wildman–Crippen LogP) is 4.11. The molecule has 0 aliphatic carbocycles. The van der Waals surface area contributed by atoms with Crippen LogP contribution < -0.4 is 10.6 Å². The van der Waals surface area contributed by atoms with Crippen LogP contribution in [0.5, 0.6) is 0 Å². The highest BCUT2D eigenvalue weighted by Gasteiger charge is 2.15. The number of nitrogens with one attached hydrogen (secondary N) is 2. The number of halogens is 2. The van der Waals surface area contributed by atoms with E-state index >= 15 is 0 Å². The second-order valence-corrected chi connectivity index (χ2v) is 7.77. The van der Waals surface area contributed by atoms with Crippen LogP contribution >= 0.6 is 35.6 Å². The van der Waals surface area contributed by atoms with Crippen molar-refractivity contribution in [1.82, 2.24) is 29.8 Å². The first-order chi connectivity index (χ1) is 15.1. The molecule has 4 rings (SSSR count). The molecule has 0 aliphatic heterocycles. The first-order valence-electron chi connectivity index (χ1n) is 10.3. The van der Waals surface area contributed by atoms with Gasteiger partial charge in [-0.1, -0.05) is 29.8 Å². The fraction of sp³-hybridized carbons (Fsp3) is 0.261. The molecule has 0 saturated heterocycles. The van der Waals surface area contributed by atoms with E-state index in [0.29, 0.717) is 6.54 Å². The highest BCUT2D eigenvalue weighted by molar-refractivity contribution is 14.0. The summed E-state index contributed by atoms with van der Waals surface area (Å²) in [6, 6.07) is 13.9. The molecule has 7 nitrogen and oxygen atoms in total. The third-order valence-corrected chi connectivity index (χ3v) is 5.44. The molecule has 0 amide bonds. The number of aryl methyl sites for hydroxylation is 1. The lowest BCUT2D eigenvalue weighted by Gasteiger charge is -2.20. The first-order valence-corrected chi connectivity index (χ1v) is 10.6. The summed E-state index contributed by atoms with van der Waals surface area (Å²) in [5.41, 5.74) is 4.35. The lowest BCUT2D eigenvalue weighted by Crippen LogP contribution is -2.41. The topological polar surface area (TPSA) is 71.5 Å². The Morgan fingerprint density at radius 2 is 1.94 bits per heavy atom. The molecule has 32 heavy (non-hydrogen) atoms. The summed E-state index contributed by atoms with van der Waals surface area (Å²) in [5.74, 6) is 0.742. The normalized spacial score (nSPS) is 12.4. The third-order valence-electron chi connectivity index (χ3n) is 5.19. The van der Waals surface area contributed by atoms with Crippen LogP contribution in [0.25, 0.3) is 5.65 Å². The van der Waals surface area contributed by atoms with Gasteiger partial charge in [-0.05, 0) is 42.3 Å². The van der Waals surface area contributed by atoms with Gasteiger partial charge in [-0.3, -0.25) is 9.67 Å². The molecule has 0 fully saturated rings. The maximum atomic E-state index is 6.06. The van der Waals surface area contributed by atoms with Crippen molar-refractivity contribution < 1.29 is 0 Å². The van der Waals surface area contributed by atoms with Crippen LogP contribution in [0.15, 0.2) is 72.2 Å². The first kappa shape index (κ1) is 24.1. The Morgan fingerprint density at radius 1 is 1.12 bits per heavy atom. The number of imidazole rings is 1. The summed E-state index contributed by atoms with van der Waals surface area (Å²) in [4.78, 5) is 9.09. The van der Waals surface area contributed by atoms with Gasteiger partial charge in [0.25, 0.3) is 0 Å². The van der Waals surface area contributed by atoms with Crippen molar-refractivity contribution in [3.63, 3.8) is 0 Å². The van der Waals surface area contributed by atoms with Crippen molar-refractivity contribution in [2.75, 3.05) is 20.1 Å². The molecule has 1 unspecified atom stereocenters. The van der Waals surface area contributed by atoms with Gasteiger partial charge in [-0.25, -0.2) is 4.98 Å². The quantitative estimate of drug-likeness (QED) is 0.202.